The van der Waals surface area contributed by atoms with Gasteiger partial charge >= 0.3 is 5.97 Å². The summed E-state index contributed by atoms with van der Waals surface area (Å²) in [5, 5.41) is 19.9. The minimum atomic E-state index is -0.617. The Kier molecular flexibility index (Phi) is 10.4. The van der Waals surface area contributed by atoms with Crippen molar-refractivity contribution < 1.29 is 24.2 Å². The van der Waals surface area contributed by atoms with E-state index in [0.717, 1.165) is 104 Å². The third-order valence-electron chi connectivity index (χ3n) is 13.0. The van der Waals surface area contributed by atoms with E-state index in [2.05, 4.69) is 25.8 Å². The topological polar surface area (TPSA) is 151 Å². The molecule has 1 atom stereocenters. The van der Waals surface area contributed by atoms with Gasteiger partial charge in [-0.15, -0.1) is 0 Å². The number of fused-ring (bicyclic) bond motifs is 3. The number of anilines is 1. The van der Waals surface area contributed by atoms with Crippen LogP contribution in [0.3, 0.4) is 0 Å². The summed E-state index contributed by atoms with van der Waals surface area (Å²) < 4.78 is 7.67. The number of carbonyl (C=O) groups excluding carboxylic acids is 2. The van der Waals surface area contributed by atoms with Gasteiger partial charge in [0.05, 0.1) is 28.9 Å². The minimum Gasteiger partial charge on any atom is -0.496 e. The monoisotopic (exact) mass is 779 g/mol. The van der Waals surface area contributed by atoms with Crippen LogP contribution in [0.4, 0.5) is 5.69 Å². The number of aromatic nitrogens is 3. The van der Waals surface area contributed by atoms with Crippen molar-refractivity contribution >= 4 is 35.1 Å². The molecule has 294 valence electrons. The zero-order valence-corrected chi connectivity index (χ0v) is 33.1. The SMILES string of the molecule is COc1cc(-c2nccc(-c3cccc(NC(=O)c4nc5c(n4C)CCN(CCC46CCC(C(=O)O)(CC4)C6)C5)c3C)c2Cl)ccc1CNC[C@H]1CCC(=O)N1. The van der Waals surface area contributed by atoms with Gasteiger partial charge in [0.1, 0.15) is 5.75 Å². The van der Waals surface area contributed by atoms with Gasteiger partial charge in [-0.1, -0.05) is 35.9 Å². The Morgan fingerprint density at radius 1 is 1.11 bits per heavy atom. The Bertz CT molecular complexity index is 2190. The Morgan fingerprint density at radius 3 is 2.66 bits per heavy atom. The number of hydrogen-bond donors (Lipinski definition) is 4. The van der Waals surface area contributed by atoms with Crippen LogP contribution < -0.4 is 20.7 Å². The summed E-state index contributed by atoms with van der Waals surface area (Å²) in [5.74, 6) is 0.300. The number of benzene rings is 2. The average Bonchev–Trinajstić information content (AvgIpc) is 3.98. The molecule has 12 nitrogen and oxygen atoms in total. The van der Waals surface area contributed by atoms with Gasteiger partial charge in [0.25, 0.3) is 5.91 Å². The van der Waals surface area contributed by atoms with Crippen LogP contribution in [-0.2, 0) is 36.1 Å². The number of hydrogen-bond acceptors (Lipinski definition) is 8. The number of methoxy groups -OCH3 is 1. The average molecular weight is 780 g/mol. The summed E-state index contributed by atoms with van der Waals surface area (Å²) in [5.41, 5.74) is 7.30. The molecule has 4 N–H and O–H groups in total. The molecule has 4 aliphatic rings. The first-order valence-corrected chi connectivity index (χ1v) is 20.1. The lowest BCUT2D eigenvalue weighted by Crippen LogP contribution is -2.35. The third kappa shape index (κ3) is 7.18. The van der Waals surface area contributed by atoms with Crippen molar-refractivity contribution in [3.63, 3.8) is 0 Å². The summed E-state index contributed by atoms with van der Waals surface area (Å²) in [7, 11) is 3.55. The number of imidazole rings is 1. The Labute approximate surface area is 332 Å². The number of aliphatic carboxylic acids is 1. The number of carboxylic acid groups (broad SMARTS) is 1. The van der Waals surface area contributed by atoms with Gasteiger partial charge in [0, 0.05) is 86.4 Å². The van der Waals surface area contributed by atoms with Gasteiger partial charge in [-0.05, 0) is 93.2 Å². The van der Waals surface area contributed by atoms with Crippen LogP contribution in [-0.4, -0.2) is 75.1 Å². The fourth-order valence-electron chi connectivity index (χ4n) is 9.67. The molecule has 4 heterocycles. The maximum Gasteiger partial charge on any atom is 0.309 e. The van der Waals surface area contributed by atoms with Crippen molar-refractivity contribution in [2.24, 2.45) is 17.9 Å². The van der Waals surface area contributed by atoms with E-state index < -0.39 is 11.4 Å². The van der Waals surface area contributed by atoms with E-state index in [9.17, 15) is 19.5 Å². The first-order chi connectivity index (χ1) is 27.0. The second kappa shape index (κ2) is 15.3. The molecule has 2 aliphatic heterocycles. The molecule has 56 heavy (non-hydrogen) atoms. The van der Waals surface area contributed by atoms with Gasteiger partial charge in [-0.2, -0.15) is 0 Å². The van der Waals surface area contributed by atoms with Crippen LogP contribution in [0.25, 0.3) is 22.4 Å². The molecule has 1 saturated heterocycles. The van der Waals surface area contributed by atoms with E-state index >= 15 is 0 Å². The van der Waals surface area contributed by atoms with Crippen LogP contribution >= 0.6 is 11.6 Å². The highest BCUT2D eigenvalue weighted by Crippen LogP contribution is 2.63. The largest absolute Gasteiger partial charge is 0.496 e. The van der Waals surface area contributed by atoms with E-state index in [0.29, 0.717) is 54.0 Å². The highest BCUT2D eigenvalue weighted by atomic mass is 35.5. The number of ether oxygens (including phenoxy) is 1. The molecule has 3 fully saturated rings. The van der Waals surface area contributed by atoms with E-state index in [1.807, 2.05) is 61.0 Å². The van der Waals surface area contributed by atoms with E-state index in [-0.39, 0.29) is 23.3 Å². The summed E-state index contributed by atoms with van der Waals surface area (Å²) in [4.78, 5) is 49.2. The molecule has 2 amide bonds. The normalized spacial score (nSPS) is 22.9. The molecule has 0 spiro atoms. The molecule has 0 unspecified atom stereocenters. The Morgan fingerprint density at radius 2 is 1.93 bits per heavy atom. The third-order valence-corrected chi connectivity index (χ3v) is 13.4. The quantitative estimate of drug-likeness (QED) is 0.119. The predicted octanol–water partition coefficient (Wildman–Crippen LogP) is 6.52. The number of carbonyl (C=O) groups is 3. The number of nitrogens with one attached hydrogen (secondary N) is 3. The molecule has 13 heteroatoms. The van der Waals surface area contributed by atoms with Crippen molar-refractivity contribution in [1.82, 2.24) is 30.1 Å². The lowest BCUT2D eigenvalue weighted by Gasteiger charge is -2.32. The molecule has 2 saturated carbocycles. The zero-order chi connectivity index (χ0) is 39.2. The minimum absolute atomic E-state index is 0.102. The highest BCUT2D eigenvalue weighted by Gasteiger charge is 2.57. The van der Waals surface area contributed by atoms with Crippen molar-refractivity contribution in [3.8, 4) is 28.1 Å². The van der Waals surface area contributed by atoms with Gasteiger partial charge < -0.3 is 30.4 Å². The van der Waals surface area contributed by atoms with Crippen LogP contribution in [0.15, 0.2) is 48.7 Å². The lowest BCUT2D eigenvalue weighted by molar-refractivity contribution is -0.148. The fourth-order valence-corrected chi connectivity index (χ4v) is 10.00. The zero-order valence-electron chi connectivity index (χ0n) is 32.3. The smallest absolute Gasteiger partial charge is 0.309 e. The van der Waals surface area contributed by atoms with Gasteiger partial charge in [0.15, 0.2) is 5.82 Å². The molecular weight excluding hydrogens is 730 g/mol. The second-order valence-electron chi connectivity index (χ2n) is 16.3. The molecule has 0 radical (unpaired) electrons. The lowest BCUT2D eigenvalue weighted by atomic mass is 9.80. The van der Waals surface area contributed by atoms with Crippen molar-refractivity contribution in [1.29, 1.82) is 0 Å². The molecule has 2 bridgehead atoms. The Balaban J connectivity index is 0.941. The van der Waals surface area contributed by atoms with Crippen molar-refractivity contribution in [2.45, 2.75) is 83.8 Å². The number of pyridine rings is 1. The number of nitrogens with zero attached hydrogens (tertiary/aromatic N) is 4. The van der Waals surface area contributed by atoms with Crippen LogP contribution in [0.2, 0.25) is 5.02 Å². The number of carboxylic acids is 1. The van der Waals surface area contributed by atoms with Crippen LogP contribution in [0.1, 0.15) is 84.5 Å². The molecule has 8 rings (SSSR count). The molecule has 2 aromatic carbocycles. The fraction of sp³-hybridized carbons (Fsp3) is 0.465. The van der Waals surface area contributed by atoms with Gasteiger partial charge in [0.2, 0.25) is 5.91 Å². The molecular formula is C43H50ClN7O5. The summed E-state index contributed by atoms with van der Waals surface area (Å²) >= 11 is 7.12. The summed E-state index contributed by atoms with van der Waals surface area (Å²) in [6.07, 6.45) is 9.41. The van der Waals surface area contributed by atoms with Crippen LogP contribution in [0, 0.1) is 17.8 Å². The first kappa shape index (κ1) is 38.1. The maximum absolute atomic E-state index is 13.8. The van der Waals surface area contributed by atoms with Gasteiger partial charge in [-0.3, -0.25) is 24.3 Å². The van der Waals surface area contributed by atoms with E-state index in [1.165, 1.54) is 0 Å². The van der Waals surface area contributed by atoms with Crippen LogP contribution in [0.5, 0.6) is 5.75 Å². The standard InChI is InChI=1S/C43H50ClN7O5/c1-26-30(31-11-18-46-38(37(31)44)27-7-8-28(35(21-27)56-3)22-45-23-29-9-10-36(52)47-29)5-4-6-32(26)49-40(53)39-48-33-24-51(19-12-34(33)50(39)2)20-17-42-13-15-43(25-42,16-14-42)41(54)55/h4-8,11,18,21,29,45H,9-10,12-17,19-20,22-25H2,1-3H3,(H,47,52)(H,49,53)(H,54,55)/t29-,42?,43?/m1/s1. The van der Waals surface area contributed by atoms with Crippen molar-refractivity contribution in [3.05, 3.63) is 82.0 Å². The first-order valence-electron chi connectivity index (χ1n) is 19.7. The molecule has 2 aliphatic carbocycles. The van der Waals surface area contributed by atoms with E-state index in [4.69, 9.17) is 21.3 Å². The number of rotatable bonds is 13. The Hall–Kier alpha value is -4.78. The van der Waals surface area contributed by atoms with Crippen molar-refractivity contribution in [2.75, 3.05) is 32.1 Å². The second-order valence-corrected chi connectivity index (χ2v) is 16.7. The number of amides is 2. The molecule has 2 aromatic heterocycles. The highest BCUT2D eigenvalue weighted by molar-refractivity contribution is 6.35. The summed E-state index contributed by atoms with van der Waals surface area (Å²) in [6.45, 7) is 5.74. The number of halogens is 1. The maximum atomic E-state index is 13.8. The summed E-state index contributed by atoms with van der Waals surface area (Å²) in [6, 6.07) is 13.8. The van der Waals surface area contributed by atoms with E-state index in [1.54, 1.807) is 13.3 Å². The molecule has 4 aromatic rings. The van der Waals surface area contributed by atoms with Gasteiger partial charge in [-0.25, -0.2) is 4.98 Å². The predicted molar refractivity (Wildman–Crippen MR) is 215 cm³/mol.